The predicted octanol–water partition coefficient (Wildman–Crippen LogP) is 5.26. The molecule has 0 bridgehead atoms. The van der Waals surface area contributed by atoms with E-state index in [2.05, 4.69) is 73.8 Å². The zero-order valence-corrected chi connectivity index (χ0v) is 16.1. The highest BCUT2D eigenvalue weighted by atomic mass is 14.8. The van der Waals surface area contributed by atoms with Crippen LogP contribution in [-0.2, 0) is 17.3 Å². The lowest BCUT2D eigenvalue weighted by Gasteiger charge is -2.23. The van der Waals surface area contributed by atoms with E-state index in [1.807, 2.05) is 18.5 Å². The Kier molecular flexibility index (Phi) is 3.69. The van der Waals surface area contributed by atoms with Gasteiger partial charge in [-0.15, -0.1) is 0 Å². The van der Waals surface area contributed by atoms with Crippen molar-refractivity contribution in [2.24, 2.45) is 0 Å². The SMILES string of the molecule is CC(C)(C)c1cc2nc(CC(C)(C)c3cc4cnccc4[nH]3)ccc2[nH]1. The summed E-state index contributed by atoms with van der Waals surface area (Å²) in [7, 11) is 0. The molecule has 0 aliphatic rings. The number of nitrogens with one attached hydrogen (secondary N) is 2. The average Bonchev–Trinajstić information content (AvgIpc) is 3.18. The zero-order chi connectivity index (χ0) is 18.5. The molecule has 0 radical (unpaired) electrons. The summed E-state index contributed by atoms with van der Waals surface area (Å²) in [6, 6.07) is 10.7. The smallest absolute Gasteiger partial charge is 0.0885 e. The molecular weight excluding hydrogens is 320 g/mol. The molecule has 4 heterocycles. The summed E-state index contributed by atoms with van der Waals surface area (Å²) >= 11 is 0. The molecule has 0 fully saturated rings. The molecular formula is C22H26N4. The van der Waals surface area contributed by atoms with Crippen molar-refractivity contribution in [3.63, 3.8) is 0 Å². The number of fused-ring (bicyclic) bond motifs is 2. The fourth-order valence-electron chi connectivity index (χ4n) is 3.44. The Morgan fingerprint density at radius 3 is 2.38 bits per heavy atom. The van der Waals surface area contributed by atoms with Gasteiger partial charge in [0.15, 0.2) is 0 Å². The molecule has 0 aliphatic heterocycles. The number of aromatic amines is 2. The van der Waals surface area contributed by atoms with Crippen LogP contribution in [0.25, 0.3) is 21.9 Å². The minimum atomic E-state index is -0.0388. The van der Waals surface area contributed by atoms with Crippen molar-refractivity contribution in [1.29, 1.82) is 0 Å². The third kappa shape index (κ3) is 3.00. The second-order valence-corrected chi connectivity index (χ2v) is 8.88. The standard InChI is InChI=1S/C22H26N4/c1-21(2,3)19-11-18-17(26-19)7-6-15(24-18)12-22(4,5)20-10-14-13-23-9-8-16(14)25-20/h6-11,13,25-26H,12H2,1-5H3. The quantitative estimate of drug-likeness (QED) is 0.532. The van der Waals surface area contributed by atoms with Crippen molar-refractivity contribution in [1.82, 2.24) is 19.9 Å². The minimum absolute atomic E-state index is 0.0388. The molecule has 134 valence electrons. The summed E-state index contributed by atoms with van der Waals surface area (Å²) < 4.78 is 0. The van der Waals surface area contributed by atoms with Crippen molar-refractivity contribution in [2.75, 3.05) is 0 Å². The first-order valence-corrected chi connectivity index (χ1v) is 9.15. The number of rotatable bonds is 3. The molecule has 4 aromatic rings. The van der Waals surface area contributed by atoms with E-state index < -0.39 is 0 Å². The first kappa shape index (κ1) is 16.8. The zero-order valence-electron chi connectivity index (χ0n) is 16.1. The summed E-state index contributed by atoms with van der Waals surface area (Å²) in [6.45, 7) is 11.2. The van der Waals surface area contributed by atoms with Gasteiger partial charge in [-0.3, -0.25) is 9.97 Å². The van der Waals surface area contributed by atoms with E-state index in [0.29, 0.717) is 0 Å². The maximum atomic E-state index is 4.92. The van der Waals surface area contributed by atoms with Crippen LogP contribution >= 0.6 is 0 Å². The second-order valence-electron chi connectivity index (χ2n) is 8.88. The first-order valence-electron chi connectivity index (χ1n) is 9.15. The molecule has 4 heteroatoms. The van der Waals surface area contributed by atoms with E-state index in [9.17, 15) is 0 Å². The molecule has 4 aromatic heterocycles. The van der Waals surface area contributed by atoms with Crippen molar-refractivity contribution in [2.45, 2.75) is 51.9 Å². The monoisotopic (exact) mass is 346 g/mol. The molecule has 0 amide bonds. The number of nitrogens with zero attached hydrogens (tertiary/aromatic N) is 2. The summed E-state index contributed by atoms with van der Waals surface area (Å²) in [6.07, 6.45) is 4.60. The van der Waals surface area contributed by atoms with Gasteiger partial charge in [0.2, 0.25) is 0 Å². The average molecular weight is 346 g/mol. The summed E-state index contributed by atoms with van der Waals surface area (Å²) in [5.41, 5.74) is 6.88. The number of hydrogen-bond donors (Lipinski definition) is 2. The van der Waals surface area contributed by atoms with Gasteiger partial charge in [0.25, 0.3) is 0 Å². The molecule has 0 spiro atoms. The molecule has 0 aromatic carbocycles. The third-order valence-corrected chi connectivity index (χ3v) is 5.11. The van der Waals surface area contributed by atoms with Gasteiger partial charge in [0.1, 0.15) is 0 Å². The van der Waals surface area contributed by atoms with Crippen LogP contribution in [0.3, 0.4) is 0 Å². The minimum Gasteiger partial charge on any atom is -0.358 e. The highest BCUT2D eigenvalue weighted by molar-refractivity contribution is 5.79. The van der Waals surface area contributed by atoms with Crippen molar-refractivity contribution < 1.29 is 0 Å². The largest absolute Gasteiger partial charge is 0.358 e. The number of pyridine rings is 2. The van der Waals surface area contributed by atoms with Crippen molar-refractivity contribution >= 4 is 21.9 Å². The number of hydrogen-bond acceptors (Lipinski definition) is 2. The van der Waals surface area contributed by atoms with Gasteiger partial charge in [-0.25, -0.2) is 0 Å². The van der Waals surface area contributed by atoms with Gasteiger partial charge < -0.3 is 9.97 Å². The maximum Gasteiger partial charge on any atom is 0.0885 e. The molecule has 4 nitrogen and oxygen atoms in total. The second kappa shape index (κ2) is 5.70. The molecule has 2 N–H and O–H groups in total. The fraction of sp³-hybridized carbons (Fsp3) is 0.364. The normalized spacial score (nSPS) is 13.0. The van der Waals surface area contributed by atoms with Crippen molar-refractivity contribution in [3.05, 3.63) is 59.8 Å². The van der Waals surface area contributed by atoms with Crippen LogP contribution in [-0.4, -0.2) is 19.9 Å². The topological polar surface area (TPSA) is 57.4 Å². The number of H-pyrrole nitrogens is 2. The molecule has 0 atom stereocenters. The van der Waals surface area contributed by atoms with Gasteiger partial charge in [0, 0.05) is 57.6 Å². The molecule has 0 saturated carbocycles. The van der Waals surface area contributed by atoms with Gasteiger partial charge >= 0.3 is 0 Å². The van der Waals surface area contributed by atoms with E-state index in [1.54, 1.807) is 0 Å². The van der Waals surface area contributed by atoms with Crippen LogP contribution in [0, 0.1) is 0 Å². The van der Waals surface area contributed by atoms with E-state index in [-0.39, 0.29) is 10.8 Å². The van der Waals surface area contributed by atoms with Crippen LogP contribution in [0.2, 0.25) is 0 Å². The third-order valence-electron chi connectivity index (χ3n) is 5.11. The first-order chi connectivity index (χ1) is 12.2. The van der Waals surface area contributed by atoms with E-state index >= 15 is 0 Å². The van der Waals surface area contributed by atoms with E-state index in [4.69, 9.17) is 4.98 Å². The molecule has 0 saturated heterocycles. The lowest BCUT2D eigenvalue weighted by atomic mass is 9.84. The Bertz CT molecular complexity index is 1040. The molecule has 0 unspecified atom stereocenters. The van der Waals surface area contributed by atoms with Gasteiger partial charge in [-0.2, -0.15) is 0 Å². The Morgan fingerprint density at radius 1 is 0.885 bits per heavy atom. The highest BCUT2D eigenvalue weighted by Gasteiger charge is 2.24. The number of aromatic nitrogens is 4. The van der Waals surface area contributed by atoms with Crippen molar-refractivity contribution in [3.8, 4) is 0 Å². The molecule has 26 heavy (non-hydrogen) atoms. The predicted molar refractivity (Wildman–Crippen MR) is 108 cm³/mol. The maximum absolute atomic E-state index is 4.92. The Balaban J connectivity index is 1.66. The van der Waals surface area contributed by atoms with Crippen LogP contribution < -0.4 is 0 Å². The van der Waals surface area contributed by atoms with Crippen LogP contribution in [0.15, 0.2) is 42.7 Å². The summed E-state index contributed by atoms with van der Waals surface area (Å²) in [5.74, 6) is 0. The van der Waals surface area contributed by atoms with Crippen LogP contribution in [0.4, 0.5) is 0 Å². The van der Waals surface area contributed by atoms with E-state index in [0.717, 1.165) is 34.1 Å². The van der Waals surface area contributed by atoms with E-state index in [1.165, 1.54) is 11.4 Å². The van der Waals surface area contributed by atoms with Crippen LogP contribution in [0.1, 0.15) is 51.7 Å². The lowest BCUT2D eigenvalue weighted by Crippen LogP contribution is -2.21. The molecule has 0 aliphatic carbocycles. The summed E-state index contributed by atoms with van der Waals surface area (Å²) in [5, 5.41) is 1.15. The fourth-order valence-corrected chi connectivity index (χ4v) is 3.44. The summed E-state index contributed by atoms with van der Waals surface area (Å²) in [4.78, 5) is 16.2. The Hall–Kier alpha value is -2.62. The Morgan fingerprint density at radius 2 is 1.65 bits per heavy atom. The van der Waals surface area contributed by atoms with Gasteiger partial charge in [-0.05, 0) is 30.3 Å². The van der Waals surface area contributed by atoms with Crippen LogP contribution in [0.5, 0.6) is 0 Å². The van der Waals surface area contributed by atoms with Gasteiger partial charge in [0.05, 0.1) is 11.0 Å². The van der Waals surface area contributed by atoms with Gasteiger partial charge in [-0.1, -0.05) is 34.6 Å². The lowest BCUT2D eigenvalue weighted by molar-refractivity contribution is 0.503. The Labute approximate surface area is 154 Å². The molecule has 4 rings (SSSR count). The highest BCUT2D eigenvalue weighted by Crippen LogP contribution is 2.30.